The minimum absolute atomic E-state index is 0.0632. The van der Waals surface area contributed by atoms with Crippen LogP contribution in [0.25, 0.3) is 0 Å². The number of rotatable bonds is 44. The van der Waals surface area contributed by atoms with E-state index >= 15 is 0 Å². The van der Waals surface area contributed by atoms with E-state index in [0.29, 0.717) is 19.3 Å². The molecule has 0 saturated heterocycles. The minimum atomic E-state index is -0.759. The molecular formula is C49H94O6. The van der Waals surface area contributed by atoms with Gasteiger partial charge in [-0.1, -0.05) is 233 Å². The highest BCUT2D eigenvalue weighted by atomic mass is 16.6. The van der Waals surface area contributed by atoms with Gasteiger partial charge in [0.15, 0.2) is 6.10 Å². The number of ether oxygens (including phenoxy) is 3. The van der Waals surface area contributed by atoms with Crippen LogP contribution in [-0.2, 0) is 28.6 Å². The van der Waals surface area contributed by atoms with Gasteiger partial charge in [-0.15, -0.1) is 0 Å². The van der Waals surface area contributed by atoms with Crippen LogP contribution in [0.4, 0.5) is 0 Å². The first kappa shape index (κ1) is 53.4. The molecule has 0 rings (SSSR count). The normalized spacial score (nSPS) is 11.9. The lowest BCUT2D eigenvalue weighted by Crippen LogP contribution is -2.30. The second kappa shape index (κ2) is 43.5. The smallest absolute Gasteiger partial charge is 0.306 e. The fourth-order valence-corrected chi connectivity index (χ4v) is 7.33. The molecule has 0 amide bonds. The molecule has 6 heteroatoms. The van der Waals surface area contributed by atoms with Crippen LogP contribution in [0.3, 0.4) is 0 Å². The lowest BCUT2D eigenvalue weighted by Gasteiger charge is -2.18. The zero-order chi connectivity index (χ0) is 40.3. The van der Waals surface area contributed by atoms with Crippen LogP contribution in [0, 0.1) is 5.92 Å². The van der Waals surface area contributed by atoms with Crippen LogP contribution in [0.15, 0.2) is 0 Å². The minimum Gasteiger partial charge on any atom is -0.462 e. The summed E-state index contributed by atoms with van der Waals surface area (Å²) in [6.45, 7) is 8.99. The third-order valence-corrected chi connectivity index (χ3v) is 11.0. The second-order valence-corrected chi connectivity index (χ2v) is 17.2. The zero-order valence-corrected chi connectivity index (χ0v) is 37.4. The summed E-state index contributed by atoms with van der Waals surface area (Å²) in [6, 6.07) is 0. The predicted molar refractivity (Wildman–Crippen MR) is 233 cm³/mol. The van der Waals surface area contributed by atoms with Crippen LogP contribution in [0.2, 0.25) is 0 Å². The van der Waals surface area contributed by atoms with Gasteiger partial charge in [0, 0.05) is 19.3 Å². The topological polar surface area (TPSA) is 78.9 Å². The summed E-state index contributed by atoms with van der Waals surface area (Å²) in [5.41, 5.74) is 0. The van der Waals surface area contributed by atoms with Crippen molar-refractivity contribution in [2.24, 2.45) is 5.92 Å². The molecule has 0 fully saturated rings. The maximum atomic E-state index is 12.7. The molecule has 0 aliphatic heterocycles. The Kier molecular flexibility index (Phi) is 42.3. The van der Waals surface area contributed by atoms with Crippen LogP contribution >= 0.6 is 0 Å². The van der Waals surface area contributed by atoms with E-state index < -0.39 is 6.10 Å². The Labute approximate surface area is 342 Å². The molecule has 0 aromatic heterocycles. The van der Waals surface area contributed by atoms with E-state index in [9.17, 15) is 14.4 Å². The van der Waals surface area contributed by atoms with E-state index in [2.05, 4.69) is 27.7 Å². The molecule has 1 atom stereocenters. The molecule has 0 spiro atoms. The Morgan fingerprint density at radius 1 is 0.345 bits per heavy atom. The number of hydrogen-bond acceptors (Lipinski definition) is 6. The summed E-state index contributed by atoms with van der Waals surface area (Å²) in [4.78, 5) is 37.8. The number of esters is 3. The van der Waals surface area contributed by atoms with Crippen molar-refractivity contribution in [3.63, 3.8) is 0 Å². The van der Waals surface area contributed by atoms with E-state index in [0.717, 1.165) is 63.7 Å². The summed E-state index contributed by atoms with van der Waals surface area (Å²) in [5, 5.41) is 0. The van der Waals surface area contributed by atoms with Gasteiger partial charge in [-0.05, 0) is 25.2 Å². The quantitative estimate of drug-likeness (QED) is 0.0348. The van der Waals surface area contributed by atoms with E-state index in [1.54, 1.807) is 0 Å². The van der Waals surface area contributed by atoms with E-state index in [4.69, 9.17) is 14.2 Å². The molecule has 0 aliphatic rings. The molecule has 0 aromatic rings. The highest BCUT2D eigenvalue weighted by molar-refractivity contribution is 5.71. The van der Waals surface area contributed by atoms with Crippen molar-refractivity contribution in [2.45, 2.75) is 278 Å². The third-order valence-electron chi connectivity index (χ3n) is 11.0. The van der Waals surface area contributed by atoms with Crippen LogP contribution in [0.1, 0.15) is 272 Å². The van der Waals surface area contributed by atoms with Gasteiger partial charge in [0.05, 0.1) is 0 Å². The number of hydrogen-bond donors (Lipinski definition) is 0. The third kappa shape index (κ3) is 43.4. The lowest BCUT2D eigenvalue weighted by molar-refractivity contribution is -0.167. The Morgan fingerprint density at radius 2 is 0.600 bits per heavy atom. The average molecular weight is 779 g/mol. The van der Waals surface area contributed by atoms with Gasteiger partial charge in [0.1, 0.15) is 13.2 Å². The van der Waals surface area contributed by atoms with Crippen molar-refractivity contribution in [1.82, 2.24) is 0 Å². The molecule has 0 unspecified atom stereocenters. The Morgan fingerprint density at radius 3 is 0.891 bits per heavy atom. The van der Waals surface area contributed by atoms with Crippen molar-refractivity contribution in [3.05, 3.63) is 0 Å². The molecule has 0 N–H and O–H groups in total. The molecule has 0 aliphatic carbocycles. The second-order valence-electron chi connectivity index (χ2n) is 17.2. The Balaban J connectivity index is 4.32. The molecule has 0 radical (unpaired) electrons. The maximum absolute atomic E-state index is 12.7. The molecular weight excluding hydrogens is 685 g/mol. The zero-order valence-electron chi connectivity index (χ0n) is 37.4. The highest BCUT2D eigenvalue weighted by Crippen LogP contribution is 2.16. The van der Waals surface area contributed by atoms with Gasteiger partial charge in [0.2, 0.25) is 0 Å². The molecule has 0 aromatic carbocycles. The number of unbranched alkanes of at least 4 members (excludes halogenated alkanes) is 31. The SMILES string of the molecule is CCCCCCCCCCCCCCC(=O)OC[C@@H](COC(=O)CCCCCCCCCCCCC(C)C)OC(=O)CCCCCCCCCCCCCC. The summed E-state index contributed by atoms with van der Waals surface area (Å²) < 4.78 is 16.8. The highest BCUT2D eigenvalue weighted by Gasteiger charge is 2.19. The van der Waals surface area contributed by atoms with Gasteiger partial charge in [-0.2, -0.15) is 0 Å². The van der Waals surface area contributed by atoms with Gasteiger partial charge >= 0.3 is 17.9 Å². The Bertz CT molecular complexity index is 826. The lowest BCUT2D eigenvalue weighted by atomic mass is 10.0. The largest absolute Gasteiger partial charge is 0.462 e. The van der Waals surface area contributed by atoms with Gasteiger partial charge < -0.3 is 14.2 Å². The molecule has 55 heavy (non-hydrogen) atoms. The van der Waals surface area contributed by atoms with Crippen molar-refractivity contribution in [2.75, 3.05) is 13.2 Å². The number of carbonyl (C=O) groups excluding carboxylic acids is 3. The standard InChI is InChI=1S/C49H94O6/c1-5-7-9-11-13-15-17-19-24-28-32-36-40-47(50)53-43-46(55-49(52)42-38-34-30-26-20-18-16-14-12-10-8-6-2)44-54-48(51)41-37-33-29-25-22-21-23-27-31-35-39-45(3)4/h45-46H,5-44H2,1-4H3/t46-/m0/s1. The summed E-state index contributed by atoms with van der Waals surface area (Å²) in [5.74, 6) is -0.0307. The maximum Gasteiger partial charge on any atom is 0.306 e. The first-order valence-electron chi connectivity index (χ1n) is 24.4. The van der Waals surface area contributed by atoms with Crippen molar-refractivity contribution >= 4 is 17.9 Å². The molecule has 6 nitrogen and oxygen atoms in total. The van der Waals surface area contributed by atoms with E-state index in [1.165, 1.54) is 167 Å². The monoisotopic (exact) mass is 779 g/mol. The summed E-state index contributed by atoms with van der Waals surface area (Å²) >= 11 is 0. The van der Waals surface area contributed by atoms with Crippen molar-refractivity contribution in [1.29, 1.82) is 0 Å². The number of carbonyl (C=O) groups is 3. The summed E-state index contributed by atoms with van der Waals surface area (Å²) in [7, 11) is 0. The molecule has 0 saturated carbocycles. The van der Waals surface area contributed by atoms with Crippen molar-refractivity contribution in [3.8, 4) is 0 Å². The molecule has 326 valence electrons. The average Bonchev–Trinajstić information content (AvgIpc) is 3.17. The molecule has 0 bridgehead atoms. The summed E-state index contributed by atoms with van der Waals surface area (Å²) in [6.07, 6.45) is 43.6. The van der Waals surface area contributed by atoms with E-state index in [1.807, 2.05) is 0 Å². The fraction of sp³-hybridized carbons (Fsp3) is 0.939. The van der Waals surface area contributed by atoms with Gasteiger partial charge in [-0.3, -0.25) is 14.4 Å². The van der Waals surface area contributed by atoms with E-state index in [-0.39, 0.29) is 31.1 Å². The first-order chi connectivity index (χ1) is 26.9. The van der Waals surface area contributed by atoms with Gasteiger partial charge in [-0.25, -0.2) is 0 Å². The Hall–Kier alpha value is -1.59. The van der Waals surface area contributed by atoms with Crippen molar-refractivity contribution < 1.29 is 28.6 Å². The van der Waals surface area contributed by atoms with Crippen LogP contribution in [-0.4, -0.2) is 37.2 Å². The van der Waals surface area contributed by atoms with Crippen LogP contribution in [0.5, 0.6) is 0 Å². The molecule has 0 heterocycles. The fourth-order valence-electron chi connectivity index (χ4n) is 7.33. The van der Waals surface area contributed by atoms with Gasteiger partial charge in [0.25, 0.3) is 0 Å². The predicted octanol–water partition coefficient (Wildman–Crippen LogP) is 15.5. The first-order valence-corrected chi connectivity index (χ1v) is 24.4. The van der Waals surface area contributed by atoms with Crippen LogP contribution < -0.4 is 0 Å².